The minimum Gasteiger partial charge on any atom is -0.322 e. The Morgan fingerprint density at radius 1 is 1.40 bits per heavy atom. The van der Waals surface area contributed by atoms with E-state index in [2.05, 4.69) is 5.32 Å². The number of carbonyl (C=O) groups excluding carboxylic acids is 2. The Balaban J connectivity index is 2.79. The van der Waals surface area contributed by atoms with Gasteiger partial charge in [0.2, 0.25) is 5.91 Å². The van der Waals surface area contributed by atoms with Crippen molar-refractivity contribution in [2.24, 2.45) is 5.73 Å². The van der Waals surface area contributed by atoms with Gasteiger partial charge < -0.3 is 11.1 Å². The van der Waals surface area contributed by atoms with Gasteiger partial charge in [-0.2, -0.15) is 0 Å². The third kappa shape index (κ3) is 3.74. The summed E-state index contributed by atoms with van der Waals surface area (Å²) in [5.41, 5.74) is 5.99. The first-order valence-electron chi connectivity index (χ1n) is 4.41. The molecule has 0 saturated heterocycles. The second-order valence-electron chi connectivity index (χ2n) is 2.82. The van der Waals surface area contributed by atoms with Gasteiger partial charge in [-0.25, -0.2) is 0 Å². The molecule has 1 amide bonds. The van der Waals surface area contributed by atoms with Crippen LogP contribution in [0.5, 0.6) is 0 Å². The molecule has 15 heavy (non-hydrogen) atoms. The molecular formula is C11H11N2O2. The standard InChI is InChI=1S/C11H11N2O2/c12-7-11(15)13-10(8-14)6-9-4-2-1-3-5-9/h1-6H,7,12H2,(H,13,15). The zero-order chi connectivity index (χ0) is 11.1. The number of allylic oxidation sites excluding steroid dienone is 1. The topological polar surface area (TPSA) is 72.2 Å². The molecule has 0 atom stereocenters. The number of rotatable bonds is 4. The van der Waals surface area contributed by atoms with Crippen molar-refractivity contribution in [1.82, 2.24) is 5.32 Å². The average Bonchev–Trinajstić information content (AvgIpc) is 2.29. The normalized spacial score (nSPS) is 10.9. The summed E-state index contributed by atoms with van der Waals surface area (Å²) >= 11 is 0. The largest absolute Gasteiger partial charge is 0.322 e. The van der Waals surface area contributed by atoms with Crippen LogP contribution in [0.3, 0.4) is 0 Å². The Labute approximate surface area is 87.8 Å². The Morgan fingerprint density at radius 3 is 2.60 bits per heavy atom. The SMILES string of the molecule is NCC(=O)NC([C]=O)=Cc1ccccc1. The van der Waals surface area contributed by atoms with Crippen LogP contribution in [0.15, 0.2) is 36.0 Å². The van der Waals surface area contributed by atoms with Crippen molar-refractivity contribution in [2.75, 3.05) is 6.54 Å². The Morgan fingerprint density at radius 2 is 2.07 bits per heavy atom. The average molecular weight is 203 g/mol. The van der Waals surface area contributed by atoms with Gasteiger partial charge in [-0.05, 0) is 11.6 Å². The number of amides is 1. The number of nitrogens with two attached hydrogens (primary N) is 1. The molecule has 0 aromatic heterocycles. The predicted octanol–water partition coefficient (Wildman–Crippen LogP) is 0.212. The molecule has 0 fully saturated rings. The molecule has 4 nitrogen and oxygen atoms in total. The summed E-state index contributed by atoms with van der Waals surface area (Å²) in [6.07, 6.45) is 3.17. The van der Waals surface area contributed by atoms with Crippen molar-refractivity contribution < 1.29 is 9.59 Å². The van der Waals surface area contributed by atoms with Crippen LogP contribution in [0, 0.1) is 0 Å². The van der Waals surface area contributed by atoms with Gasteiger partial charge in [-0.15, -0.1) is 0 Å². The Bertz CT molecular complexity index is 371. The molecule has 0 aliphatic carbocycles. The molecular weight excluding hydrogens is 192 g/mol. The van der Waals surface area contributed by atoms with Crippen molar-refractivity contribution in [3.05, 3.63) is 41.6 Å². The van der Waals surface area contributed by atoms with Gasteiger partial charge in [-0.1, -0.05) is 30.3 Å². The van der Waals surface area contributed by atoms with Gasteiger partial charge in [0.15, 0.2) is 0 Å². The molecule has 0 saturated carbocycles. The number of hydrogen-bond acceptors (Lipinski definition) is 3. The van der Waals surface area contributed by atoms with Gasteiger partial charge in [0.05, 0.1) is 12.2 Å². The van der Waals surface area contributed by atoms with E-state index >= 15 is 0 Å². The van der Waals surface area contributed by atoms with Crippen LogP contribution in [0.1, 0.15) is 5.56 Å². The van der Waals surface area contributed by atoms with E-state index in [4.69, 9.17) is 5.73 Å². The fourth-order valence-electron chi connectivity index (χ4n) is 1.01. The smallest absolute Gasteiger partial charge is 0.251 e. The highest BCUT2D eigenvalue weighted by molar-refractivity contribution is 5.90. The van der Waals surface area contributed by atoms with Crippen molar-refractivity contribution in [3.63, 3.8) is 0 Å². The maximum absolute atomic E-state index is 10.9. The summed E-state index contributed by atoms with van der Waals surface area (Å²) in [6, 6.07) is 9.15. The molecule has 0 bridgehead atoms. The molecule has 1 rings (SSSR count). The Hall–Kier alpha value is -1.94. The summed E-state index contributed by atoms with van der Waals surface area (Å²) in [6.45, 7) is -0.159. The highest BCUT2D eigenvalue weighted by atomic mass is 16.2. The number of nitrogens with one attached hydrogen (secondary N) is 1. The minimum absolute atomic E-state index is 0.0802. The maximum atomic E-state index is 10.9. The third-order valence-corrected chi connectivity index (χ3v) is 1.68. The quantitative estimate of drug-likeness (QED) is 0.687. The second kappa shape index (κ2) is 5.72. The Kier molecular flexibility index (Phi) is 4.25. The van der Waals surface area contributed by atoms with Crippen molar-refractivity contribution in [1.29, 1.82) is 0 Å². The van der Waals surface area contributed by atoms with E-state index in [1.807, 2.05) is 30.3 Å². The molecule has 1 aromatic carbocycles. The van der Waals surface area contributed by atoms with E-state index in [0.29, 0.717) is 0 Å². The summed E-state index contributed by atoms with van der Waals surface area (Å²) in [4.78, 5) is 21.4. The molecule has 3 N–H and O–H groups in total. The van der Waals surface area contributed by atoms with Gasteiger partial charge in [-0.3, -0.25) is 9.59 Å². The predicted molar refractivity (Wildman–Crippen MR) is 57.3 cm³/mol. The zero-order valence-corrected chi connectivity index (χ0v) is 8.07. The second-order valence-corrected chi connectivity index (χ2v) is 2.82. The van der Waals surface area contributed by atoms with Crippen molar-refractivity contribution >= 4 is 18.3 Å². The maximum Gasteiger partial charge on any atom is 0.251 e. The van der Waals surface area contributed by atoms with Gasteiger partial charge in [0.1, 0.15) is 0 Å². The van der Waals surface area contributed by atoms with E-state index in [1.165, 1.54) is 6.08 Å². The molecule has 0 heterocycles. The summed E-state index contributed by atoms with van der Waals surface area (Å²) in [5, 5.41) is 2.34. The number of benzene rings is 1. The molecule has 77 valence electrons. The number of carbonyl (C=O) groups is 1. The molecule has 4 heteroatoms. The van der Waals surface area contributed by atoms with Crippen LogP contribution in [-0.4, -0.2) is 18.7 Å². The summed E-state index contributed by atoms with van der Waals surface area (Å²) in [5.74, 6) is -0.416. The molecule has 0 aliphatic heterocycles. The van der Waals surface area contributed by atoms with E-state index in [9.17, 15) is 9.59 Å². The van der Waals surface area contributed by atoms with Gasteiger partial charge in [0, 0.05) is 0 Å². The molecule has 0 unspecified atom stereocenters. The lowest BCUT2D eigenvalue weighted by Crippen LogP contribution is -2.30. The fraction of sp³-hybridized carbons (Fsp3) is 0.0909. The lowest BCUT2D eigenvalue weighted by molar-refractivity contribution is -0.118. The van der Waals surface area contributed by atoms with E-state index in [0.717, 1.165) is 5.56 Å². The van der Waals surface area contributed by atoms with Crippen LogP contribution in [0.2, 0.25) is 0 Å². The van der Waals surface area contributed by atoms with Crippen molar-refractivity contribution in [3.8, 4) is 0 Å². The van der Waals surface area contributed by atoms with Gasteiger partial charge in [0.25, 0.3) is 6.29 Å². The highest BCUT2D eigenvalue weighted by Crippen LogP contribution is 2.02. The van der Waals surface area contributed by atoms with Crippen LogP contribution in [0.25, 0.3) is 6.08 Å². The first kappa shape index (κ1) is 11.1. The first-order chi connectivity index (χ1) is 7.26. The van der Waals surface area contributed by atoms with Gasteiger partial charge >= 0.3 is 0 Å². The van der Waals surface area contributed by atoms with Crippen LogP contribution < -0.4 is 11.1 Å². The van der Waals surface area contributed by atoms with E-state index < -0.39 is 5.91 Å². The van der Waals surface area contributed by atoms with Crippen LogP contribution in [-0.2, 0) is 9.59 Å². The third-order valence-electron chi connectivity index (χ3n) is 1.68. The number of hydrogen-bond donors (Lipinski definition) is 2. The lowest BCUT2D eigenvalue weighted by Gasteiger charge is -2.01. The molecule has 0 aliphatic rings. The first-order valence-corrected chi connectivity index (χ1v) is 4.41. The summed E-state index contributed by atoms with van der Waals surface area (Å²) < 4.78 is 0. The zero-order valence-electron chi connectivity index (χ0n) is 8.07. The molecule has 0 spiro atoms. The molecule has 1 radical (unpaired) electrons. The van der Waals surface area contributed by atoms with Crippen LogP contribution >= 0.6 is 0 Å². The highest BCUT2D eigenvalue weighted by Gasteiger charge is 2.01. The molecule has 1 aromatic rings. The minimum atomic E-state index is -0.416. The lowest BCUT2D eigenvalue weighted by atomic mass is 10.2. The monoisotopic (exact) mass is 203 g/mol. The van der Waals surface area contributed by atoms with Crippen LogP contribution in [0.4, 0.5) is 0 Å². The van der Waals surface area contributed by atoms with E-state index in [1.54, 1.807) is 6.29 Å². The summed E-state index contributed by atoms with van der Waals surface area (Å²) in [7, 11) is 0. The van der Waals surface area contributed by atoms with Crippen molar-refractivity contribution in [2.45, 2.75) is 0 Å². The van der Waals surface area contributed by atoms with E-state index in [-0.39, 0.29) is 12.2 Å². The fourth-order valence-corrected chi connectivity index (χ4v) is 1.01.